The number of carbonyl (C=O) groups is 2. The average molecular weight is 347 g/mol. The number of amides is 2. The van der Waals surface area contributed by atoms with Crippen LogP contribution in [0.4, 0.5) is 11.4 Å². The van der Waals surface area contributed by atoms with Gasteiger partial charge in [-0.15, -0.1) is 0 Å². The van der Waals surface area contributed by atoms with Crippen molar-refractivity contribution in [3.63, 3.8) is 0 Å². The fraction of sp³-hybridized carbons (Fsp3) is 0.222. The molecule has 0 aliphatic heterocycles. The van der Waals surface area contributed by atoms with Crippen LogP contribution in [0, 0.1) is 0 Å². The summed E-state index contributed by atoms with van der Waals surface area (Å²) in [5.74, 6) is -0.792. The second kappa shape index (κ2) is 7.84. The van der Waals surface area contributed by atoms with Gasteiger partial charge in [-0.1, -0.05) is 43.6 Å². The second-order valence-corrected chi connectivity index (χ2v) is 5.91. The van der Waals surface area contributed by atoms with Crippen LogP contribution < -0.4 is 15.4 Å². The molecule has 0 fully saturated rings. The van der Waals surface area contributed by atoms with Crippen molar-refractivity contribution in [3.8, 4) is 5.75 Å². The Balaban J connectivity index is 2.08. The Labute approximate surface area is 146 Å². The molecule has 2 rings (SSSR count). The molecule has 0 radical (unpaired) electrons. The maximum Gasteiger partial charge on any atom is 0.314 e. The van der Waals surface area contributed by atoms with Crippen LogP contribution in [0.15, 0.2) is 42.5 Å². The fourth-order valence-electron chi connectivity index (χ4n) is 2.23. The molecule has 0 saturated carbocycles. The quantitative estimate of drug-likeness (QED) is 0.821. The van der Waals surface area contributed by atoms with Crippen LogP contribution in [0.25, 0.3) is 0 Å². The molecular formula is C18H19ClN2O3. The van der Waals surface area contributed by atoms with Crippen molar-refractivity contribution in [3.05, 3.63) is 53.1 Å². The first-order valence-corrected chi connectivity index (χ1v) is 7.85. The number of hydrogen-bond donors (Lipinski definition) is 2. The van der Waals surface area contributed by atoms with E-state index in [1.165, 1.54) is 13.2 Å². The van der Waals surface area contributed by atoms with E-state index in [0.717, 1.165) is 5.56 Å². The Morgan fingerprint density at radius 3 is 2.33 bits per heavy atom. The van der Waals surface area contributed by atoms with Crippen molar-refractivity contribution in [1.82, 2.24) is 0 Å². The Bertz CT molecular complexity index is 760. The number of ether oxygens (including phenoxy) is 1. The third-order valence-corrected chi connectivity index (χ3v) is 3.74. The van der Waals surface area contributed by atoms with Crippen molar-refractivity contribution in [2.24, 2.45) is 0 Å². The van der Waals surface area contributed by atoms with Crippen molar-refractivity contribution >= 4 is 34.8 Å². The molecular weight excluding hydrogens is 328 g/mol. The number of para-hydroxylation sites is 1. The smallest absolute Gasteiger partial charge is 0.314 e. The minimum absolute atomic E-state index is 0.227. The number of hydrogen-bond acceptors (Lipinski definition) is 3. The number of rotatable bonds is 4. The van der Waals surface area contributed by atoms with Gasteiger partial charge in [0.1, 0.15) is 5.75 Å². The average Bonchev–Trinajstić information content (AvgIpc) is 2.55. The third-order valence-electron chi connectivity index (χ3n) is 3.45. The van der Waals surface area contributed by atoms with Crippen LogP contribution in [-0.4, -0.2) is 18.9 Å². The van der Waals surface area contributed by atoms with Crippen LogP contribution in [-0.2, 0) is 9.59 Å². The van der Waals surface area contributed by atoms with Crippen molar-refractivity contribution in [2.45, 2.75) is 19.8 Å². The van der Waals surface area contributed by atoms with E-state index >= 15 is 0 Å². The number of carbonyl (C=O) groups excluding carboxylic acids is 2. The normalized spacial score (nSPS) is 10.4. The van der Waals surface area contributed by atoms with E-state index in [0.29, 0.717) is 22.1 Å². The highest BCUT2D eigenvalue weighted by Crippen LogP contribution is 2.27. The second-order valence-electron chi connectivity index (χ2n) is 5.50. The van der Waals surface area contributed by atoms with Gasteiger partial charge in [0.25, 0.3) is 0 Å². The fourth-order valence-corrected chi connectivity index (χ4v) is 2.48. The van der Waals surface area contributed by atoms with Gasteiger partial charge in [-0.2, -0.15) is 0 Å². The maximum atomic E-state index is 12.1. The molecule has 24 heavy (non-hydrogen) atoms. The number of methoxy groups -OCH3 is 1. The Morgan fingerprint density at radius 1 is 1.04 bits per heavy atom. The van der Waals surface area contributed by atoms with Gasteiger partial charge in [0, 0.05) is 11.4 Å². The van der Waals surface area contributed by atoms with Crippen LogP contribution in [0.2, 0.25) is 5.02 Å². The zero-order valence-electron chi connectivity index (χ0n) is 13.7. The van der Waals surface area contributed by atoms with Crippen molar-refractivity contribution < 1.29 is 14.3 Å². The van der Waals surface area contributed by atoms with Crippen molar-refractivity contribution in [1.29, 1.82) is 0 Å². The van der Waals surface area contributed by atoms with Gasteiger partial charge < -0.3 is 15.4 Å². The summed E-state index contributed by atoms with van der Waals surface area (Å²) in [7, 11) is 1.50. The molecule has 2 aromatic rings. The van der Waals surface area contributed by atoms with Crippen LogP contribution in [0.3, 0.4) is 0 Å². The van der Waals surface area contributed by atoms with E-state index in [4.69, 9.17) is 16.3 Å². The Hall–Kier alpha value is -2.53. The van der Waals surface area contributed by atoms with Gasteiger partial charge in [-0.3, -0.25) is 9.59 Å². The highest BCUT2D eigenvalue weighted by Gasteiger charge is 2.17. The molecule has 0 aromatic heterocycles. The van der Waals surface area contributed by atoms with E-state index in [2.05, 4.69) is 10.6 Å². The third kappa shape index (κ3) is 4.26. The van der Waals surface area contributed by atoms with Gasteiger partial charge >= 0.3 is 11.8 Å². The lowest BCUT2D eigenvalue weighted by atomic mass is 10.0. The van der Waals surface area contributed by atoms with Crippen LogP contribution in [0.5, 0.6) is 5.75 Å². The van der Waals surface area contributed by atoms with E-state index < -0.39 is 11.8 Å². The van der Waals surface area contributed by atoms with Crippen LogP contribution >= 0.6 is 11.6 Å². The van der Waals surface area contributed by atoms with Gasteiger partial charge in [-0.25, -0.2) is 0 Å². The van der Waals surface area contributed by atoms with E-state index in [1.54, 1.807) is 18.2 Å². The van der Waals surface area contributed by atoms with E-state index in [1.807, 2.05) is 32.0 Å². The summed E-state index contributed by atoms with van der Waals surface area (Å²) in [4.78, 5) is 24.2. The van der Waals surface area contributed by atoms with E-state index in [-0.39, 0.29) is 5.92 Å². The molecule has 126 valence electrons. The lowest BCUT2D eigenvalue weighted by Crippen LogP contribution is -2.29. The molecule has 0 spiro atoms. The Morgan fingerprint density at radius 2 is 1.71 bits per heavy atom. The first-order valence-electron chi connectivity index (χ1n) is 7.47. The molecule has 5 nitrogen and oxygen atoms in total. The number of halogens is 1. The summed E-state index contributed by atoms with van der Waals surface area (Å²) in [6.45, 7) is 4.04. The van der Waals surface area contributed by atoms with Crippen molar-refractivity contribution in [2.75, 3.05) is 17.7 Å². The maximum absolute atomic E-state index is 12.1. The van der Waals surface area contributed by atoms with Gasteiger partial charge in [0.2, 0.25) is 0 Å². The molecule has 2 aromatic carbocycles. The minimum Gasteiger partial charge on any atom is -0.495 e. The molecule has 0 heterocycles. The summed E-state index contributed by atoms with van der Waals surface area (Å²) in [5, 5.41) is 5.50. The lowest BCUT2D eigenvalue weighted by molar-refractivity contribution is -0.133. The summed E-state index contributed by atoms with van der Waals surface area (Å²) < 4.78 is 5.04. The largest absolute Gasteiger partial charge is 0.495 e. The standard InChI is InChI=1S/C18H19ClN2O3/c1-11(2)13-6-4-5-7-15(13)21-18(23)17(22)20-12-8-9-16(24-3)14(19)10-12/h4-11H,1-3H3,(H,20,22)(H,21,23). The minimum atomic E-state index is -0.769. The SMILES string of the molecule is COc1ccc(NC(=O)C(=O)Nc2ccccc2C(C)C)cc1Cl. The topological polar surface area (TPSA) is 67.4 Å². The highest BCUT2D eigenvalue weighted by molar-refractivity contribution is 6.44. The molecule has 0 aliphatic carbocycles. The molecule has 6 heteroatoms. The number of benzene rings is 2. The molecule has 0 aliphatic rings. The lowest BCUT2D eigenvalue weighted by Gasteiger charge is -2.13. The molecule has 0 saturated heterocycles. The van der Waals surface area contributed by atoms with Gasteiger partial charge in [0.05, 0.1) is 12.1 Å². The summed E-state index contributed by atoms with van der Waals surface area (Å²) in [5.41, 5.74) is 2.00. The van der Waals surface area contributed by atoms with Gasteiger partial charge in [-0.05, 0) is 35.7 Å². The zero-order valence-corrected chi connectivity index (χ0v) is 14.5. The highest BCUT2D eigenvalue weighted by atomic mass is 35.5. The summed E-state index contributed by atoms with van der Waals surface area (Å²) in [6.07, 6.45) is 0. The van der Waals surface area contributed by atoms with Crippen LogP contribution in [0.1, 0.15) is 25.3 Å². The number of anilines is 2. The molecule has 0 unspecified atom stereocenters. The van der Waals surface area contributed by atoms with E-state index in [9.17, 15) is 9.59 Å². The first-order chi connectivity index (χ1) is 11.4. The molecule has 0 atom stereocenters. The predicted molar refractivity (Wildman–Crippen MR) is 95.8 cm³/mol. The molecule has 0 bridgehead atoms. The monoisotopic (exact) mass is 346 g/mol. The van der Waals surface area contributed by atoms with Gasteiger partial charge in [0.15, 0.2) is 0 Å². The molecule has 2 amide bonds. The summed E-state index contributed by atoms with van der Waals surface area (Å²) in [6, 6.07) is 12.1. The summed E-state index contributed by atoms with van der Waals surface area (Å²) >= 11 is 6.00. The zero-order chi connectivity index (χ0) is 17.7. The number of nitrogens with one attached hydrogen (secondary N) is 2. The predicted octanol–water partition coefficient (Wildman–Crippen LogP) is 4.05. The molecule has 2 N–H and O–H groups in total. The Kier molecular flexibility index (Phi) is 5.82. The first kappa shape index (κ1) is 17.8.